The average Bonchev–Trinajstić information content (AvgIpc) is 2.27. The van der Waals surface area contributed by atoms with Crippen LogP contribution in [0.25, 0.3) is 0 Å². The summed E-state index contributed by atoms with van der Waals surface area (Å²) in [4.78, 5) is 22.4. The van der Waals surface area contributed by atoms with Crippen molar-refractivity contribution < 1.29 is 9.72 Å². The fraction of sp³-hybridized carbons (Fsp3) is 0.417. The molecule has 0 aliphatic carbocycles. The van der Waals surface area contributed by atoms with Gasteiger partial charge in [-0.05, 0) is 32.9 Å². The SMILES string of the molecule is CC(Cl)C(C)(C)NC(=O)c1ccc(Cl)cc1[N+](=O)[O-]. The molecular formula is C12H14Cl2N2O3. The highest BCUT2D eigenvalue weighted by atomic mass is 35.5. The van der Waals surface area contributed by atoms with Crippen molar-refractivity contribution in [1.82, 2.24) is 5.32 Å². The van der Waals surface area contributed by atoms with Crippen LogP contribution >= 0.6 is 23.2 Å². The van der Waals surface area contributed by atoms with Crippen LogP contribution in [-0.2, 0) is 0 Å². The summed E-state index contributed by atoms with van der Waals surface area (Å²) >= 11 is 11.7. The molecule has 1 aromatic rings. The molecule has 0 saturated carbocycles. The van der Waals surface area contributed by atoms with Crippen LogP contribution in [0.3, 0.4) is 0 Å². The normalized spacial score (nSPS) is 12.9. The first-order chi connectivity index (χ1) is 8.65. The van der Waals surface area contributed by atoms with Crippen molar-refractivity contribution >= 4 is 34.8 Å². The Hall–Kier alpha value is -1.33. The number of halogens is 2. The van der Waals surface area contributed by atoms with Crippen LogP contribution in [0.4, 0.5) is 5.69 Å². The molecule has 1 N–H and O–H groups in total. The summed E-state index contributed by atoms with van der Waals surface area (Å²) < 4.78 is 0. The first kappa shape index (κ1) is 15.7. The van der Waals surface area contributed by atoms with Crippen molar-refractivity contribution in [2.75, 3.05) is 0 Å². The Kier molecular flexibility index (Phi) is 4.76. The Morgan fingerprint density at radius 1 is 1.47 bits per heavy atom. The van der Waals surface area contributed by atoms with Crippen molar-refractivity contribution in [2.45, 2.75) is 31.7 Å². The van der Waals surface area contributed by atoms with E-state index in [1.54, 1.807) is 20.8 Å². The van der Waals surface area contributed by atoms with E-state index in [0.717, 1.165) is 6.07 Å². The quantitative estimate of drug-likeness (QED) is 0.526. The maximum absolute atomic E-state index is 12.1. The zero-order valence-electron chi connectivity index (χ0n) is 10.7. The van der Waals surface area contributed by atoms with Gasteiger partial charge in [0.2, 0.25) is 0 Å². The third kappa shape index (κ3) is 3.81. The molecule has 7 heteroatoms. The molecule has 0 aromatic heterocycles. The minimum Gasteiger partial charge on any atom is -0.345 e. The summed E-state index contributed by atoms with van der Waals surface area (Å²) in [7, 11) is 0. The summed E-state index contributed by atoms with van der Waals surface area (Å²) in [5, 5.41) is 13.5. The Balaban J connectivity index is 3.10. The number of amides is 1. The lowest BCUT2D eigenvalue weighted by molar-refractivity contribution is -0.385. The monoisotopic (exact) mass is 304 g/mol. The number of carbonyl (C=O) groups excluding carboxylic acids is 1. The molecule has 0 aliphatic heterocycles. The van der Waals surface area contributed by atoms with Gasteiger partial charge in [0.15, 0.2) is 0 Å². The van der Waals surface area contributed by atoms with Crippen LogP contribution in [0.1, 0.15) is 31.1 Å². The summed E-state index contributed by atoms with van der Waals surface area (Å²) in [6, 6.07) is 3.90. The van der Waals surface area contributed by atoms with Gasteiger partial charge in [0.25, 0.3) is 11.6 Å². The number of benzene rings is 1. The number of hydrogen-bond acceptors (Lipinski definition) is 3. The molecule has 0 bridgehead atoms. The van der Waals surface area contributed by atoms with Crippen LogP contribution in [0, 0.1) is 10.1 Å². The van der Waals surface area contributed by atoms with Crippen molar-refractivity contribution in [3.63, 3.8) is 0 Å². The van der Waals surface area contributed by atoms with Gasteiger partial charge >= 0.3 is 0 Å². The second-order valence-electron chi connectivity index (χ2n) is 4.71. The Morgan fingerprint density at radius 2 is 2.05 bits per heavy atom. The first-order valence-electron chi connectivity index (χ1n) is 5.55. The Labute approximate surface area is 121 Å². The number of nitro groups is 1. The van der Waals surface area contributed by atoms with E-state index in [1.165, 1.54) is 12.1 Å². The molecule has 1 unspecified atom stereocenters. The van der Waals surface area contributed by atoms with E-state index < -0.39 is 16.4 Å². The van der Waals surface area contributed by atoms with Gasteiger partial charge in [0.1, 0.15) is 5.56 Å². The summed E-state index contributed by atoms with van der Waals surface area (Å²) in [6.45, 7) is 5.22. The van der Waals surface area contributed by atoms with Crippen LogP contribution < -0.4 is 5.32 Å². The van der Waals surface area contributed by atoms with Crippen LogP contribution in [0.5, 0.6) is 0 Å². The third-order valence-corrected chi connectivity index (χ3v) is 3.61. The fourth-order valence-corrected chi connectivity index (χ4v) is 1.53. The average molecular weight is 305 g/mol. The highest BCUT2D eigenvalue weighted by Gasteiger charge is 2.29. The fourth-order valence-electron chi connectivity index (χ4n) is 1.31. The lowest BCUT2D eigenvalue weighted by Crippen LogP contribution is -2.49. The first-order valence-corrected chi connectivity index (χ1v) is 6.37. The number of nitro benzene ring substituents is 1. The molecule has 104 valence electrons. The predicted molar refractivity (Wildman–Crippen MR) is 75.0 cm³/mol. The van der Waals surface area contributed by atoms with Gasteiger partial charge in [-0.2, -0.15) is 0 Å². The molecule has 5 nitrogen and oxygen atoms in total. The van der Waals surface area contributed by atoms with Crippen LogP contribution in [0.15, 0.2) is 18.2 Å². The van der Waals surface area contributed by atoms with Crippen molar-refractivity contribution in [3.05, 3.63) is 38.9 Å². The van der Waals surface area contributed by atoms with Crippen molar-refractivity contribution in [1.29, 1.82) is 0 Å². The summed E-state index contributed by atoms with van der Waals surface area (Å²) in [5.41, 5.74) is -1.06. The summed E-state index contributed by atoms with van der Waals surface area (Å²) in [5.74, 6) is -0.555. The highest BCUT2D eigenvalue weighted by molar-refractivity contribution is 6.31. The van der Waals surface area contributed by atoms with Gasteiger partial charge in [-0.3, -0.25) is 14.9 Å². The number of carbonyl (C=O) groups is 1. The lowest BCUT2D eigenvalue weighted by Gasteiger charge is -2.28. The standard InChI is InChI=1S/C12H14Cl2N2O3/c1-7(13)12(2,3)15-11(17)9-5-4-8(14)6-10(9)16(18)19/h4-7H,1-3H3,(H,15,17). The molecule has 0 saturated heterocycles. The molecule has 1 amide bonds. The lowest BCUT2D eigenvalue weighted by atomic mass is 10.0. The summed E-state index contributed by atoms with van der Waals surface area (Å²) in [6.07, 6.45) is 0. The van der Waals surface area contributed by atoms with Crippen molar-refractivity contribution in [3.8, 4) is 0 Å². The number of nitrogens with zero attached hydrogens (tertiary/aromatic N) is 1. The molecular weight excluding hydrogens is 291 g/mol. The molecule has 0 fully saturated rings. The zero-order valence-corrected chi connectivity index (χ0v) is 12.2. The van der Waals surface area contributed by atoms with Crippen molar-refractivity contribution in [2.24, 2.45) is 0 Å². The van der Waals surface area contributed by atoms with Crippen LogP contribution in [-0.4, -0.2) is 21.7 Å². The molecule has 0 heterocycles. The number of rotatable bonds is 4. The van der Waals surface area contributed by atoms with Gasteiger partial charge < -0.3 is 5.32 Å². The second kappa shape index (κ2) is 5.75. The predicted octanol–water partition coefficient (Wildman–Crippen LogP) is 3.38. The Morgan fingerprint density at radius 3 is 2.53 bits per heavy atom. The number of hydrogen-bond donors (Lipinski definition) is 1. The molecule has 1 aromatic carbocycles. The van der Waals surface area contributed by atoms with Gasteiger partial charge in [0, 0.05) is 11.1 Å². The highest BCUT2D eigenvalue weighted by Crippen LogP contribution is 2.24. The van der Waals surface area contributed by atoms with E-state index in [-0.39, 0.29) is 21.7 Å². The van der Waals surface area contributed by atoms with E-state index in [4.69, 9.17) is 23.2 Å². The van der Waals surface area contributed by atoms with Gasteiger partial charge in [0.05, 0.1) is 15.8 Å². The maximum atomic E-state index is 12.1. The molecule has 0 aliphatic rings. The van der Waals surface area contributed by atoms with Gasteiger partial charge in [-0.25, -0.2) is 0 Å². The van der Waals surface area contributed by atoms with Gasteiger partial charge in [-0.15, -0.1) is 11.6 Å². The number of nitrogens with one attached hydrogen (secondary N) is 1. The minimum absolute atomic E-state index is 0.0419. The second-order valence-corrected chi connectivity index (χ2v) is 5.80. The van der Waals surface area contributed by atoms with E-state index in [2.05, 4.69) is 5.32 Å². The van der Waals surface area contributed by atoms with E-state index in [1.807, 2.05) is 0 Å². The number of alkyl halides is 1. The Bertz CT molecular complexity index is 516. The van der Waals surface area contributed by atoms with Gasteiger partial charge in [-0.1, -0.05) is 11.6 Å². The minimum atomic E-state index is -0.688. The smallest absolute Gasteiger partial charge is 0.283 e. The van der Waals surface area contributed by atoms with E-state index in [0.29, 0.717) is 0 Å². The molecule has 19 heavy (non-hydrogen) atoms. The third-order valence-electron chi connectivity index (χ3n) is 2.83. The largest absolute Gasteiger partial charge is 0.345 e. The van der Waals surface area contributed by atoms with E-state index in [9.17, 15) is 14.9 Å². The maximum Gasteiger partial charge on any atom is 0.283 e. The molecule has 1 rings (SSSR count). The topological polar surface area (TPSA) is 72.2 Å². The zero-order chi connectivity index (χ0) is 14.8. The molecule has 0 spiro atoms. The molecule has 1 atom stereocenters. The van der Waals surface area contributed by atoms with Crippen LogP contribution in [0.2, 0.25) is 5.02 Å². The molecule has 0 radical (unpaired) electrons. The van der Waals surface area contributed by atoms with E-state index >= 15 is 0 Å².